The third-order valence-electron chi connectivity index (χ3n) is 6.42. The zero-order valence-electron chi connectivity index (χ0n) is 17.4. The van der Waals surface area contributed by atoms with Crippen molar-refractivity contribution >= 4 is 5.91 Å². The van der Waals surface area contributed by atoms with Gasteiger partial charge in [-0.2, -0.15) is 0 Å². The molecule has 0 aromatic heterocycles. The summed E-state index contributed by atoms with van der Waals surface area (Å²) in [7, 11) is 1.64. The van der Waals surface area contributed by atoms with E-state index in [1.54, 1.807) is 7.11 Å². The van der Waals surface area contributed by atoms with E-state index in [0.29, 0.717) is 11.6 Å². The van der Waals surface area contributed by atoms with Crippen molar-refractivity contribution < 1.29 is 14.3 Å². The number of carbonyl (C=O) groups is 1. The SMILES string of the molecule is COc1cccc(C(=O)N2C[C@@H]3COCCN3C3(CN(CCC(C)C)C3)C2)c1. The van der Waals surface area contributed by atoms with Crippen LogP contribution in [0.25, 0.3) is 0 Å². The molecule has 0 bridgehead atoms. The van der Waals surface area contributed by atoms with Gasteiger partial charge in [-0.3, -0.25) is 14.6 Å². The summed E-state index contributed by atoms with van der Waals surface area (Å²) in [6, 6.07) is 7.79. The molecule has 1 atom stereocenters. The van der Waals surface area contributed by atoms with Gasteiger partial charge in [0.15, 0.2) is 0 Å². The van der Waals surface area contributed by atoms with Crippen LogP contribution in [0.3, 0.4) is 0 Å². The first-order valence-corrected chi connectivity index (χ1v) is 10.5. The Hall–Kier alpha value is -1.63. The summed E-state index contributed by atoms with van der Waals surface area (Å²) in [6.45, 7) is 11.9. The Bertz CT molecular complexity index is 702. The Morgan fingerprint density at radius 3 is 2.89 bits per heavy atom. The van der Waals surface area contributed by atoms with Gasteiger partial charge in [-0.1, -0.05) is 19.9 Å². The molecule has 0 radical (unpaired) electrons. The summed E-state index contributed by atoms with van der Waals surface area (Å²) >= 11 is 0. The van der Waals surface area contributed by atoms with Crippen LogP contribution in [-0.2, 0) is 4.74 Å². The fourth-order valence-corrected chi connectivity index (χ4v) is 4.96. The number of nitrogens with zero attached hydrogens (tertiary/aromatic N) is 3. The molecule has 3 heterocycles. The van der Waals surface area contributed by atoms with Crippen molar-refractivity contribution in [3.8, 4) is 5.75 Å². The molecule has 0 saturated carbocycles. The van der Waals surface area contributed by atoms with E-state index in [2.05, 4.69) is 23.6 Å². The summed E-state index contributed by atoms with van der Waals surface area (Å²) in [5.74, 6) is 1.55. The van der Waals surface area contributed by atoms with Crippen LogP contribution in [0.5, 0.6) is 5.75 Å². The summed E-state index contributed by atoms with van der Waals surface area (Å²) in [5, 5.41) is 0. The molecule has 1 spiro atoms. The first-order valence-electron chi connectivity index (χ1n) is 10.5. The van der Waals surface area contributed by atoms with Crippen LogP contribution in [0, 0.1) is 5.92 Å². The molecule has 4 rings (SSSR count). The van der Waals surface area contributed by atoms with E-state index < -0.39 is 0 Å². The van der Waals surface area contributed by atoms with E-state index in [-0.39, 0.29) is 11.4 Å². The minimum absolute atomic E-state index is 0.0816. The molecule has 28 heavy (non-hydrogen) atoms. The van der Waals surface area contributed by atoms with Crippen molar-refractivity contribution in [3.63, 3.8) is 0 Å². The van der Waals surface area contributed by atoms with Crippen LogP contribution in [0.4, 0.5) is 0 Å². The quantitative estimate of drug-likeness (QED) is 0.773. The average Bonchev–Trinajstić information content (AvgIpc) is 2.69. The topological polar surface area (TPSA) is 45.2 Å². The lowest BCUT2D eigenvalue weighted by atomic mass is 9.82. The summed E-state index contributed by atoms with van der Waals surface area (Å²) in [6.07, 6.45) is 1.23. The molecule has 6 nitrogen and oxygen atoms in total. The highest BCUT2D eigenvalue weighted by atomic mass is 16.5. The van der Waals surface area contributed by atoms with Gasteiger partial charge in [0.05, 0.1) is 31.9 Å². The number of piperazine rings is 1. The van der Waals surface area contributed by atoms with Crippen LogP contribution < -0.4 is 4.74 Å². The first-order chi connectivity index (χ1) is 13.5. The molecular weight excluding hydrogens is 354 g/mol. The minimum atomic E-state index is 0.0816. The zero-order valence-corrected chi connectivity index (χ0v) is 17.4. The number of hydrogen-bond donors (Lipinski definition) is 0. The van der Waals surface area contributed by atoms with Gasteiger partial charge in [0.2, 0.25) is 0 Å². The molecule has 3 aliphatic heterocycles. The van der Waals surface area contributed by atoms with Crippen molar-refractivity contribution in [2.45, 2.75) is 31.8 Å². The van der Waals surface area contributed by atoms with E-state index >= 15 is 0 Å². The molecule has 1 aromatic rings. The number of methoxy groups -OCH3 is 1. The molecule has 154 valence electrons. The number of hydrogen-bond acceptors (Lipinski definition) is 5. The highest BCUT2D eigenvalue weighted by Crippen LogP contribution is 2.36. The second-order valence-corrected chi connectivity index (χ2v) is 8.96. The fourth-order valence-electron chi connectivity index (χ4n) is 4.96. The van der Waals surface area contributed by atoms with Gasteiger partial charge in [-0.05, 0) is 37.1 Å². The second kappa shape index (κ2) is 8.01. The van der Waals surface area contributed by atoms with E-state index in [4.69, 9.17) is 9.47 Å². The van der Waals surface area contributed by atoms with Crippen LogP contribution in [0.15, 0.2) is 24.3 Å². The monoisotopic (exact) mass is 387 g/mol. The number of rotatable bonds is 5. The summed E-state index contributed by atoms with van der Waals surface area (Å²) < 4.78 is 11.1. The van der Waals surface area contributed by atoms with Crippen molar-refractivity contribution in [2.24, 2.45) is 5.92 Å². The first kappa shape index (κ1) is 19.7. The van der Waals surface area contributed by atoms with Gasteiger partial charge >= 0.3 is 0 Å². The minimum Gasteiger partial charge on any atom is -0.497 e. The Morgan fingerprint density at radius 1 is 1.32 bits per heavy atom. The van der Waals surface area contributed by atoms with Crippen LogP contribution in [0.2, 0.25) is 0 Å². The van der Waals surface area contributed by atoms with E-state index in [1.807, 2.05) is 29.2 Å². The summed E-state index contributed by atoms with van der Waals surface area (Å²) in [5.41, 5.74) is 0.786. The number of ether oxygens (including phenoxy) is 2. The molecule has 3 fully saturated rings. The predicted octanol–water partition coefficient (Wildman–Crippen LogP) is 1.95. The average molecular weight is 388 g/mol. The third-order valence-corrected chi connectivity index (χ3v) is 6.42. The van der Waals surface area contributed by atoms with E-state index in [1.165, 1.54) is 6.42 Å². The van der Waals surface area contributed by atoms with Crippen molar-refractivity contribution in [3.05, 3.63) is 29.8 Å². The number of amides is 1. The van der Waals surface area contributed by atoms with Crippen molar-refractivity contribution in [1.82, 2.24) is 14.7 Å². The number of morpholine rings is 1. The molecule has 0 aliphatic carbocycles. The molecular formula is C22H33N3O3. The second-order valence-electron chi connectivity index (χ2n) is 8.96. The van der Waals surface area contributed by atoms with Gasteiger partial charge in [-0.25, -0.2) is 0 Å². The maximum absolute atomic E-state index is 13.3. The highest BCUT2D eigenvalue weighted by Gasteiger charge is 2.54. The lowest BCUT2D eigenvalue weighted by Gasteiger charge is -2.63. The predicted molar refractivity (Wildman–Crippen MR) is 109 cm³/mol. The Morgan fingerprint density at radius 2 is 2.14 bits per heavy atom. The normalized spacial score (nSPS) is 24.9. The fraction of sp³-hybridized carbons (Fsp3) is 0.682. The van der Waals surface area contributed by atoms with Gasteiger partial charge < -0.3 is 14.4 Å². The van der Waals surface area contributed by atoms with Gasteiger partial charge in [-0.15, -0.1) is 0 Å². The molecule has 1 aromatic carbocycles. The Kier molecular flexibility index (Phi) is 5.63. The number of benzene rings is 1. The maximum atomic E-state index is 13.3. The lowest BCUT2D eigenvalue weighted by molar-refractivity contribution is -0.158. The standard InChI is InChI=1S/C22H33N3O3/c1-17(2)7-8-23-14-22(15-23)16-24(12-19-13-28-10-9-25(19)22)21(26)18-5-4-6-20(11-18)27-3/h4-6,11,17,19H,7-10,12-16H2,1-3H3/t19-/m1/s1. The van der Waals surface area contributed by atoms with Gasteiger partial charge in [0.25, 0.3) is 5.91 Å². The van der Waals surface area contributed by atoms with Crippen molar-refractivity contribution in [1.29, 1.82) is 0 Å². The molecule has 6 heteroatoms. The summed E-state index contributed by atoms with van der Waals surface area (Å²) in [4.78, 5) is 20.5. The Labute approximate surface area is 168 Å². The van der Waals surface area contributed by atoms with Gasteiger partial charge in [0, 0.05) is 38.3 Å². The number of fused-ring (bicyclic) bond motifs is 2. The van der Waals surface area contributed by atoms with E-state index in [9.17, 15) is 4.79 Å². The number of carbonyl (C=O) groups excluding carboxylic acids is 1. The zero-order chi connectivity index (χ0) is 19.7. The largest absolute Gasteiger partial charge is 0.497 e. The number of likely N-dealkylation sites (tertiary alicyclic amines) is 1. The molecule has 1 amide bonds. The van der Waals surface area contributed by atoms with Crippen LogP contribution >= 0.6 is 0 Å². The van der Waals surface area contributed by atoms with Crippen LogP contribution in [0.1, 0.15) is 30.6 Å². The smallest absolute Gasteiger partial charge is 0.254 e. The molecule has 3 aliphatic rings. The molecule has 0 unspecified atom stereocenters. The van der Waals surface area contributed by atoms with Gasteiger partial charge in [0.1, 0.15) is 5.75 Å². The van der Waals surface area contributed by atoms with Crippen molar-refractivity contribution in [2.75, 3.05) is 59.6 Å². The van der Waals surface area contributed by atoms with E-state index in [0.717, 1.165) is 64.1 Å². The molecule has 0 N–H and O–H groups in total. The maximum Gasteiger partial charge on any atom is 0.254 e. The molecule has 3 saturated heterocycles. The van der Waals surface area contributed by atoms with Crippen LogP contribution in [-0.4, -0.2) is 91.8 Å². The highest BCUT2D eigenvalue weighted by molar-refractivity contribution is 5.94. The Balaban J connectivity index is 1.50. The third kappa shape index (κ3) is 3.78. The lowest BCUT2D eigenvalue weighted by Crippen LogP contribution is -2.80.